The first-order valence-electron chi connectivity index (χ1n) is 7.35. The molecule has 1 fully saturated rings. The van der Waals surface area contributed by atoms with E-state index in [9.17, 15) is 0 Å². The molecular weight excluding hydrogens is 252 g/mol. The second kappa shape index (κ2) is 5.54. The lowest BCUT2D eigenvalue weighted by Crippen LogP contribution is -2.26. The summed E-state index contributed by atoms with van der Waals surface area (Å²) in [6, 6.07) is 15.3. The van der Waals surface area contributed by atoms with Crippen molar-refractivity contribution in [3.8, 4) is 0 Å². The molecule has 0 N–H and O–H groups in total. The van der Waals surface area contributed by atoms with E-state index in [2.05, 4.69) is 49.4 Å². The average Bonchev–Trinajstić information content (AvgIpc) is 2.43. The fourth-order valence-electron chi connectivity index (χ4n) is 3.43. The molecule has 3 rings (SSSR count). The first-order valence-corrected chi connectivity index (χ1v) is 7.78. The van der Waals surface area contributed by atoms with Crippen LogP contribution in [-0.2, 0) is 6.42 Å². The average molecular weight is 273 g/mol. The normalized spacial score (nSPS) is 27.6. The van der Waals surface area contributed by atoms with Crippen LogP contribution in [0.15, 0.2) is 42.5 Å². The van der Waals surface area contributed by atoms with Crippen molar-refractivity contribution in [3.05, 3.63) is 48.0 Å². The third-order valence-corrected chi connectivity index (χ3v) is 5.09. The quantitative estimate of drug-likeness (QED) is 0.640. The van der Waals surface area contributed by atoms with Gasteiger partial charge in [0.05, 0.1) is 0 Å². The summed E-state index contributed by atoms with van der Waals surface area (Å²) in [6.07, 6.45) is 4.87. The molecule has 2 aromatic carbocycles. The van der Waals surface area contributed by atoms with Gasteiger partial charge in [-0.2, -0.15) is 0 Å². The summed E-state index contributed by atoms with van der Waals surface area (Å²) in [5, 5.41) is 3.09. The SMILES string of the molecule is CC1CCC(Cl)C(Cc2cccc3ccccc23)C1. The summed E-state index contributed by atoms with van der Waals surface area (Å²) in [5.41, 5.74) is 1.46. The van der Waals surface area contributed by atoms with E-state index in [1.807, 2.05) is 0 Å². The lowest BCUT2D eigenvalue weighted by atomic mass is 9.78. The van der Waals surface area contributed by atoms with Gasteiger partial charge in [0.1, 0.15) is 0 Å². The highest BCUT2D eigenvalue weighted by atomic mass is 35.5. The minimum atomic E-state index is 0.357. The molecule has 19 heavy (non-hydrogen) atoms. The van der Waals surface area contributed by atoms with Gasteiger partial charge in [0.25, 0.3) is 0 Å². The fraction of sp³-hybridized carbons (Fsp3) is 0.444. The van der Waals surface area contributed by atoms with E-state index in [4.69, 9.17) is 11.6 Å². The van der Waals surface area contributed by atoms with Crippen molar-refractivity contribution in [2.24, 2.45) is 11.8 Å². The minimum Gasteiger partial charge on any atom is -0.123 e. The van der Waals surface area contributed by atoms with Gasteiger partial charge in [-0.3, -0.25) is 0 Å². The zero-order valence-corrected chi connectivity index (χ0v) is 12.2. The molecule has 0 nitrogen and oxygen atoms in total. The molecule has 0 spiro atoms. The third kappa shape index (κ3) is 2.79. The highest BCUT2D eigenvalue weighted by Gasteiger charge is 2.27. The monoisotopic (exact) mass is 272 g/mol. The van der Waals surface area contributed by atoms with Gasteiger partial charge >= 0.3 is 0 Å². The molecule has 1 saturated carbocycles. The second-order valence-corrected chi connectivity index (χ2v) is 6.60. The maximum Gasteiger partial charge on any atom is 0.0367 e. The molecule has 0 heterocycles. The number of benzene rings is 2. The zero-order chi connectivity index (χ0) is 13.2. The molecule has 0 aliphatic heterocycles. The summed E-state index contributed by atoms with van der Waals surface area (Å²) in [5.74, 6) is 1.46. The summed E-state index contributed by atoms with van der Waals surface area (Å²) >= 11 is 6.55. The van der Waals surface area contributed by atoms with E-state index < -0.39 is 0 Å². The predicted octanol–water partition coefficient (Wildman–Crippen LogP) is 5.43. The van der Waals surface area contributed by atoms with Gasteiger partial charge in [0.2, 0.25) is 0 Å². The number of rotatable bonds is 2. The molecule has 2 aromatic rings. The smallest absolute Gasteiger partial charge is 0.0367 e. The van der Waals surface area contributed by atoms with Crippen molar-refractivity contribution in [1.29, 1.82) is 0 Å². The Balaban J connectivity index is 1.88. The molecular formula is C18H21Cl. The Morgan fingerprint density at radius 1 is 1.05 bits per heavy atom. The van der Waals surface area contributed by atoms with Crippen LogP contribution in [-0.4, -0.2) is 5.38 Å². The first kappa shape index (κ1) is 13.0. The summed E-state index contributed by atoms with van der Waals surface area (Å²) in [7, 11) is 0. The Kier molecular flexibility index (Phi) is 3.79. The van der Waals surface area contributed by atoms with Crippen LogP contribution in [0.2, 0.25) is 0 Å². The topological polar surface area (TPSA) is 0 Å². The maximum atomic E-state index is 6.55. The fourth-order valence-corrected chi connectivity index (χ4v) is 3.74. The van der Waals surface area contributed by atoms with E-state index >= 15 is 0 Å². The lowest BCUT2D eigenvalue weighted by Gasteiger charge is -2.31. The number of hydrogen-bond donors (Lipinski definition) is 0. The second-order valence-electron chi connectivity index (χ2n) is 6.04. The standard InChI is InChI=1S/C18H21Cl/c1-13-9-10-18(19)16(11-13)12-15-7-4-6-14-5-2-3-8-17(14)15/h2-8,13,16,18H,9-12H2,1H3. The molecule has 1 aliphatic rings. The van der Waals surface area contributed by atoms with Gasteiger partial charge in [-0.1, -0.05) is 49.4 Å². The van der Waals surface area contributed by atoms with Gasteiger partial charge in [0, 0.05) is 5.38 Å². The Morgan fingerprint density at radius 2 is 1.84 bits per heavy atom. The molecule has 0 radical (unpaired) electrons. The minimum absolute atomic E-state index is 0.357. The first-order chi connectivity index (χ1) is 9.24. The van der Waals surface area contributed by atoms with E-state index in [0.717, 1.165) is 12.3 Å². The number of alkyl halides is 1. The van der Waals surface area contributed by atoms with E-state index in [1.165, 1.54) is 35.6 Å². The maximum absolute atomic E-state index is 6.55. The molecule has 3 unspecified atom stereocenters. The van der Waals surface area contributed by atoms with Crippen LogP contribution in [0.5, 0.6) is 0 Å². The molecule has 1 aliphatic carbocycles. The Bertz CT molecular complexity index is 555. The van der Waals surface area contributed by atoms with Crippen molar-refractivity contribution in [2.45, 2.75) is 38.0 Å². The van der Waals surface area contributed by atoms with E-state index in [-0.39, 0.29) is 0 Å². The number of hydrogen-bond acceptors (Lipinski definition) is 0. The number of halogens is 1. The van der Waals surface area contributed by atoms with Crippen LogP contribution in [0.4, 0.5) is 0 Å². The van der Waals surface area contributed by atoms with Crippen molar-refractivity contribution in [1.82, 2.24) is 0 Å². The van der Waals surface area contributed by atoms with Crippen molar-refractivity contribution in [2.75, 3.05) is 0 Å². The van der Waals surface area contributed by atoms with Crippen LogP contribution >= 0.6 is 11.6 Å². The van der Waals surface area contributed by atoms with Crippen LogP contribution in [0.25, 0.3) is 10.8 Å². The lowest BCUT2D eigenvalue weighted by molar-refractivity contribution is 0.287. The van der Waals surface area contributed by atoms with Crippen LogP contribution in [0.1, 0.15) is 31.7 Å². The van der Waals surface area contributed by atoms with E-state index in [0.29, 0.717) is 11.3 Å². The van der Waals surface area contributed by atoms with Crippen molar-refractivity contribution >= 4 is 22.4 Å². The summed E-state index contributed by atoms with van der Waals surface area (Å²) in [4.78, 5) is 0. The largest absolute Gasteiger partial charge is 0.123 e. The van der Waals surface area contributed by atoms with Crippen molar-refractivity contribution < 1.29 is 0 Å². The van der Waals surface area contributed by atoms with Crippen LogP contribution in [0.3, 0.4) is 0 Å². The van der Waals surface area contributed by atoms with Gasteiger partial charge in [0.15, 0.2) is 0 Å². The van der Waals surface area contributed by atoms with Gasteiger partial charge in [-0.05, 0) is 53.9 Å². The highest BCUT2D eigenvalue weighted by Crippen LogP contribution is 2.35. The van der Waals surface area contributed by atoms with E-state index in [1.54, 1.807) is 0 Å². The zero-order valence-electron chi connectivity index (χ0n) is 11.5. The van der Waals surface area contributed by atoms with Crippen LogP contribution < -0.4 is 0 Å². The Hall–Kier alpha value is -1.01. The van der Waals surface area contributed by atoms with Crippen LogP contribution in [0, 0.1) is 11.8 Å². The molecule has 0 bridgehead atoms. The van der Waals surface area contributed by atoms with Gasteiger partial charge in [-0.15, -0.1) is 11.6 Å². The molecule has 0 amide bonds. The van der Waals surface area contributed by atoms with Gasteiger partial charge in [-0.25, -0.2) is 0 Å². The highest BCUT2D eigenvalue weighted by molar-refractivity contribution is 6.20. The molecule has 100 valence electrons. The molecule has 1 heteroatoms. The summed E-state index contributed by atoms with van der Waals surface area (Å²) in [6.45, 7) is 2.36. The summed E-state index contributed by atoms with van der Waals surface area (Å²) < 4.78 is 0. The Labute approximate surface area is 120 Å². The Morgan fingerprint density at radius 3 is 2.74 bits per heavy atom. The van der Waals surface area contributed by atoms with Gasteiger partial charge < -0.3 is 0 Å². The molecule has 0 aromatic heterocycles. The number of fused-ring (bicyclic) bond motifs is 1. The molecule has 3 atom stereocenters. The molecule has 0 saturated heterocycles. The third-order valence-electron chi connectivity index (χ3n) is 4.51. The van der Waals surface area contributed by atoms with Crippen molar-refractivity contribution in [3.63, 3.8) is 0 Å². The predicted molar refractivity (Wildman–Crippen MR) is 83.8 cm³/mol.